The van der Waals surface area contributed by atoms with Gasteiger partial charge in [0.2, 0.25) is 0 Å². The third-order valence-corrected chi connectivity index (χ3v) is 6.24. The molecule has 0 spiro atoms. The lowest BCUT2D eigenvalue weighted by Gasteiger charge is -2.31. The Kier molecular flexibility index (Phi) is 6.25. The van der Waals surface area contributed by atoms with Crippen molar-refractivity contribution in [2.75, 3.05) is 26.7 Å². The van der Waals surface area contributed by atoms with E-state index in [1.807, 2.05) is 12.1 Å². The molecule has 1 atom stereocenters. The van der Waals surface area contributed by atoms with Crippen LogP contribution in [0.5, 0.6) is 5.75 Å². The van der Waals surface area contributed by atoms with Crippen LogP contribution in [-0.2, 0) is 4.74 Å². The van der Waals surface area contributed by atoms with Crippen molar-refractivity contribution in [3.8, 4) is 5.75 Å². The number of fused-ring (bicyclic) bond motifs is 1. The summed E-state index contributed by atoms with van der Waals surface area (Å²) in [7, 11) is 2.18. The number of hydrogen-bond donors (Lipinski definition) is 0. The summed E-state index contributed by atoms with van der Waals surface area (Å²) >= 11 is 1.73. The summed E-state index contributed by atoms with van der Waals surface area (Å²) in [6.07, 6.45) is 3.22. The van der Waals surface area contributed by atoms with E-state index in [0.29, 0.717) is 0 Å². The standard InChI is InChI=1S/C23H28N2O2S/c1-3-15-26-19-8-6-7-17(16-19)22(27-18-11-13-25(2)14-12-18)23-24-20-9-4-5-10-21(20)28-23/h4-10,16,18,22H,3,11-15H2,1-2H3. The van der Waals surface area contributed by atoms with Crippen LogP contribution in [0.25, 0.3) is 10.2 Å². The summed E-state index contributed by atoms with van der Waals surface area (Å²) in [4.78, 5) is 7.27. The predicted octanol–water partition coefficient (Wildman–Crippen LogP) is 5.29. The van der Waals surface area contributed by atoms with E-state index in [0.717, 1.165) is 60.8 Å². The van der Waals surface area contributed by atoms with Crippen molar-refractivity contribution in [1.29, 1.82) is 0 Å². The number of para-hydroxylation sites is 1. The number of hydrogen-bond acceptors (Lipinski definition) is 5. The van der Waals surface area contributed by atoms with Gasteiger partial charge in [-0.1, -0.05) is 31.2 Å². The quantitative estimate of drug-likeness (QED) is 0.544. The van der Waals surface area contributed by atoms with E-state index < -0.39 is 0 Å². The van der Waals surface area contributed by atoms with Crippen LogP contribution in [0.4, 0.5) is 0 Å². The fourth-order valence-electron chi connectivity index (χ4n) is 3.58. The highest BCUT2D eigenvalue weighted by Crippen LogP contribution is 2.36. The minimum Gasteiger partial charge on any atom is -0.494 e. The fourth-order valence-corrected chi connectivity index (χ4v) is 4.62. The number of ether oxygens (including phenoxy) is 2. The molecule has 0 aliphatic carbocycles. The van der Waals surface area contributed by atoms with Gasteiger partial charge in [-0.25, -0.2) is 4.98 Å². The lowest BCUT2D eigenvalue weighted by molar-refractivity contribution is -0.0235. The van der Waals surface area contributed by atoms with Crippen LogP contribution in [0, 0.1) is 0 Å². The highest BCUT2D eigenvalue weighted by atomic mass is 32.1. The van der Waals surface area contributed by atoms with Crippen molar-refractivity contribution in [3.63, 3.8) is 0 Å². The molecule has 1 saturated heterocycles. The van der Waals surface area contributed by atoms with Gasteiger partial charge in [-0.3, -0.25) is 0 Å². The molecular weight excluding hydrogens is 368 g/mol. The second-order valence-corrected chi connectivity index (χ2v) is 8.52. The van der Waals surface area contributed by atoms with Crippen LogP contribution in [0.15, 0.2) is 48.5 Å². The fraction of sp³-hybridized carbons (Fsp3) is 0.435. The van der Waals surface area contributed by atoms with Gasteiger partial charge in [0.15, 0.2) is 0 Å². The Hall–Kier alpha value is -1.95. The molecule has 3 aromatic rings. The monoisotopic (exact) mass is 396 g/mol. The summed E-state index contributed by atoms with van der Waals surface area (Å²) in [6, 6.07) is 16.6. The second-order valence-electron chi connectivity index (χ2n) is 7.46. The van der Waals surface area contributed by atoms with E-state index in [9.17, 15) is 0 Å². The summed E-state index contributed by atoms with van der Waals surface area (Å²) in [5, 5.41) is 1.02. The molecule has 148 valence electrons. The average molecular weight is 397 g/mol. The van der Waals surface area contributed by atoms with Gasteiger partial charge in [-0.2, -0.15) is 0 Å². The first-order chi connectivity index (χ1) is 13.7. The number of thiazole rings is 1. The first-order valence-electron chi connectivity index (χ1n) is 10.1. The second kappa shape index (κ2) is 9.03. The molecule has 0 saturated carbocycles. The Labute approximate surface area is 171 Å². The molecule has 0 bridgehead atoms. The lowest BCUT2D eigenvalue weighted by atomic mass is 10.1. The Balaban J connectivity index is 1.64. The number of nitrogens with zero attached hydrogens (tertiary/aromatic N) is 2. The maximum absolute atomic E-state index is 6.67. The van der Waals surface area contributed by atoms with Crippen molar-refractivity contribution >= 4 is 21.6 Å². The van der Waals surface area contributed by atoms with Crippen molar-refractivity contribution in [2.45, 2.75) is 38.4 Å². The first-order valence-corrected chi connectivity index (χ1v) is 11.0. The SMILES string of the molecule is CCCOc1cccc(C(OC2CCN(C)CC2)c2nc3ccccc3s2)c1. The zero-order valence-corrected chi connectivity index (χ0v) is 17.5. The summed E-state index contributed by atoms with van der Waals surface area (Å²) in [6.45, 7) is 5.01. The van der Waals surface area contributed by atoms with Crippen LogP contribution in [0.1, 0.15) is 42.9 Å². The van der Waals surface area contributed by atoms with E-state index in [1.165, 1.54) is 4.70 Å². The van der Waals surface area contributed by atoms with Crippen LogP contribution in [-0.4, -0.2) is 42.7 Å². The molecule has 0 radical (unpaired) electrons. The summed E-state index contributed by atoms with van der Waals surface area (Å²) in [5.74, 6) is 0.900. The Morgan fingerprint density at radius 3 is 2.75 bits per heavy atom. The smallest absolute Gasteiger partial charge is 0.135 e. The topological polar surface area (TPSA) is 34.6 Å². The number of aromatic nitrogens is 1. The number of likely N-dealkylation sites (tertiary alicyclic amines) is 1. The summed E-state index contributed by atoms with van der Waals surface area (Å²) < 4.78 is 13.7. The van der Waals surface area contributed by atoms with Crippen LogP contribution >= 0.6 is 11.3 Å². The maximum atomic E-state index is 6.67. The molecule has 1 fully saturated rings. The molecular formula is C23H28N2O2S. The van der Waals surface area contributed by atoms with E-state index in [-0.39, 0.29) is 12.2 Å². The third kappa shape index (κ3) is 4.54. The van der Waals surface area contributed by atoms with Gasteiger partial charge in [0.05, 0.1) is 22.9 Å². The number of rotatable bonds is 7. The van der Waals surface area contributed by atoms with Crippen molar-refractivity contribution in [2.24, 2.45) is 0 Å². The molecule has 5 heteroatoms. The van der Waals surface area contributed by atoms with Crippen LogP contribution in [0.2, 0.25) is 0 Å². The van der Waals surface area contributed by atoms with Gasteiger partial charge >= 0.3 is 0 Å². The van der Waals surface area contributed by atoms with E-state index in [4.69, 9.17) is 14.5 Å². The highest BCUT2D eigenvalue weighted by Gasteiger charge is 2.26. The van der Waals surface area contributed by atoms with Crippen molar-refractivity contribution < 1.29 is 9.47 Å². The Morgan fingerprint density at radius 1 is 1.14 bits per heavy atom. The van der Waals surface area contributed by atoms with E-state index >= 15 is 0 Å². The predicted molar refractivity (Wildman–Crippen MR) is 115 cm³/mol. The largest absolute Gasteiger partial charge is 0.494 e. The number of piperidine rings is 1. The molecule has 1 aliphatic rings. The molecule has 1 unspecified atom stereocenters. The minimum atomic E-state index is -0.156. The third-order valence-electron chi connectivity index (χ3n) is 5.16. The highest BCUT2D eigenvalue weighted by molar-refractivity contribution is 7.18. The van der Waals surface area contributed by atoms with Crippen molar-refractivity contribution in [3.05, 3.63) is 59.1 Å². The Morgan fingerprint density at radius 2 is 1.96 bits per heavy atom. The Bertz CT molecular complexity index is 869. The van der Waals surface area contributed by atoms with Gasteiger partial charge in [0.1, 0.15) is 16.9 Å². The van der Waals surface area contributed by atoms with Crippen LogP contribution < -0.4 is 4.74 Å². The zero-order chi connectivity index (χ0) is 19.3. The molecule has 2 heterocycles. The molecule has 28 heavy (non-hydrogen) atoms. The van der Waals surface area contributed by atoms with Crippen LogP contribution in [0.3, 0.4) is 0 Å². The van der Waals surface area contributed by atoms with Crippen molar-refractivity contribution in [1.82, 2.24) is 9.88 Å². The molecule has 0 amide bonds. The molecule has 4 rings (SSSR count). The minimum absolute atomic E-state index is 0.156. The summed E-state index contributed by atoms with van der Waals surface area (Å²) in [5.41, 5.74) is 2.16. The van der Waals surface area contributed by atoms with Gasteiger partial charge < -0.3 is 14.4 Å². The molecule has 1 aromatic heterocycles. The number of benzene rings is 2. The van der Waals surface area contributed by atoms with Gasteiger partial charge in [0.25, 0.3) is 0 Å². The van der Waals surface area contributed by atoms with Gasteiger partial charge in [-0.15, -0.1) is 11.3 Å². The maximum Gasteiger partial charge on any atom is 0.135 e. The molecule has 2 aromatic carbocycles. The molecule has 4 nitrogen and oxygen atoms in total. The average Bonchev–Trinajstić information content (AvgIpc) is 3.16. The van der Waals surface area contributed by atoms with Gasteiger partial charge in [0, 0.05) is 13.1 Å². The van der Waals surface area contributed by atoms with E-state index in [1.54, 1.807) is 11.3 Å². The normalized spacial score (nSPS) is 17.1. The first kappa shape index (κ1) is 19.4. The van der Waals surface area contributed by atoms with E-state index in [2.05, 4.69) is 55.3 Å². The zero-order valence-electron chi connectivity index (χ0n) is 16.6. The molecule has 1 aliphatic heterocycles. The molecule has 0 N–H and O–H groups in total. The lowest BCUT2D eigenvalue weighted by Crippen LogP contribution is -2.35. The van der Waals surface area contributed by atoms with Gasteiger partial charge in [-0.05, 0) is 56.1 Å².